The molecule has 180 valence electrons. The fraction of sp³-hybridized carbons (Fsp3) is 0.138. The van der Waals surface area contributed by atoms with Crippen molar-refractivity contribution in [3.05, 3.63) is 102 Å². The second-order valence-corrected chi connectivity index (χ2v) is 8.42. The first kappa shape index (κ1) is 23.2. The normalized spacial score (nSPS) is 11.1. The van der Waals surface area contributed by atoms with Crippen molar-refractivity contribution in [2.24, 2.45) is 0 Å². The molecule has 0 fully saturated rings. The first-order valence-corrected chi connectivity index (χ1v) is 11.7. The van der Waals surface area contributed by atoms with Gasteiger partial charge >= 0.3 is 5.97 Å². The Morgan fingerprint density at radius 2 is 1.72 bits per heavy atom. The van der Waals surface area contributed by atoms with E-state index in [1.54, 1.807) is 22.6 Å². The van der Waals surface area contributed by atoms with Crippen LogP contribution in [0.15, 0.2) is 84.9 Å². The number of hydrogen-bond donors (Lipinski definition) is 0. The summed E-state index contributed by atoms with van der Waals surface area (Å²) in [5.41, 5.74) is 3.66. The van der Waals surface area contributed by atoms with Crippen LogP contribution in [0.1, 0.15) is 18.2 Å². The Morgan fingerprint density at radius 3 is 2.47 bits per heavy atom. The lowest BCUT2D eigenvalue weighted by Crippen LogP contribution is -2.14. The summed E-state index contributed by atoms with van der Waals surface area (Å²) in [5, 5.41) is 7.33. The van der Waals surface area contributed by atoms with Gasteiger partial charge in [-0.3, -0.25) is 19.2 Å². The highest BCUT2D eigenvalue weighted by Crippen LogP contribution is 2.28. The maximum atomic E-state index is 13.9. The zero-order valence-electron chi connectivity index (χ0n) is 19.7. The summed E-state index contributed by atoms with van der Waals surface area (Å²) in [4.78, 5) is 25.6. The lowest BCUT2D eigenvalue weighted by molar-refractivity contribution is -0.142. The van der Waals surface area contributed by atoms with Crippen LogP contribution in [0.2, 0.25) is 0 Å². The van der Waals surface area contributed by atoms with Crippen LogP contribution in [0.5, 0.6) is 0 Å². The predicted molar refractivity (Wildman–Crippen MR) is 138 cm³/mol. The molecule has 0 aliphatic carbocycles. The zero-order chi connectivity index (χ0) is 25.1. The second-order valence-electron chi connectivity index (χ2n) is 8.42. The topological polar surface area (TPSA) is 64.4 Å². The van der Waals surface area contributed by atoms with Crippen LogP contribution in [0, 0.1) is 5.82 Å². The van der Waals surface area contributed by atoms with E-state index in [2.05, 4.69) is 5.10 Å². The lowest BCUT2D eigenvalue weighted by Gasteiger charge is -2.18. The molecule has 7 heteroatoms. The number of carbonyl (C=O) groups is 2. The number of hydrogen-bond acceptors (Lipinski definition) is 4. The number of aromatic nitrogens is 2. The molecule has 0 aliphatic heterocycles. The van der Waals surface area contributed by atoms with Crippen molar-refractivity contribution in [2.45, 2.75) is 19.9 Å². The fourth-order valence-electron chi connectivity index (χ4n) is 4.35. The van der Waals surface area contributed by atoms with Gasteiger partial charge in [-0.15, -0.1) is 0 Å². The van der Waals surface area contributed by atoms with Gasteiger partial charge in [0.2, 0.25) is 6.41 Å². The monoisotopic (exact) mass is 481 g/mol. The van der Waals surface area contributed by atoms with E-state index < -0.39 is 5.97 Å². The van der Waals surface area contributed by atoms with Crippen molar-refractivity contribution >= 4 is 45.4 Å². The number of nitrogens with zero attached hydrogens (tertiary/aromatic N) is 3. The van der Waals surface area contributed by atoms with Gasteiger partial charge in [-0.05, 0) is 65.7 Å². The summed E-state index contributed by atoms with van der Waals surface area (Å²) in [5.74, 6) is -0.792. The van der Waals surface area contributed by atoms with E-state index in [0.717, 1.165) is 39.6 Å². The van der Waals surface area contributed by atoms with E-state index in [1.165, 1.54) is 12.1 Å². The number of halogens is 1. The first-order valence-electron chi connectivity index (χ1n) is 11.7. The summed E-state index contributed by atoms with van der Waals surface area (Å²) in [7, 11) is 0. The van der Waals surface area contributed by atoms with Gasteiger partial charge in [0.1, 0.15) is 5.82 Å². The highest BCUT2D eigenvalue weighted by atomic mass is 19.1. The van der Waals surface area contributed by atoms with Crippen molar-refractivity contribution in [1.82, 2.24) is 9.78 Å². The molecule has 36 heavy (non-hydrogen) atoms. The third-order valence-corrected chi connectivity index (χ3v) is 6.07. The average molecular weight is 482 g/mol. The molecule has 0 spiro atoms. The highest BCUT2D eigenvalue weighted by molar-refractivity contribution is 5.93. The Hall–Kier alpha value is -4.52. The van der Waals surface area contributed by atoms with E-state index in [1.807, 2.05) is 66.7 Å². The molecular formula is C29H24FN3O3. The molecule has 0 radical (unpaired) electrons. The van der Waals surface area contributed by atoms with Crippen LogP contribution >= 0.6 is 0 Å². The largest absolute Gasteiger partial charge is 0.466 e. The summed E-state index contributed by atoms with van der Waals surface area (Å²) < 4.78 is 20.7. The van der Waals surface area contributed by atoms with Crippen molar-refractivity contribution < 1.29 is 18.7 Å². The maximum Gasteiger partial charge on any atom is 0.311 e. The van der Waals surface area contributed by atoms with Gasteiger partial charge in [-0.25, -0.2) is 4.39 Å². The Balaban J connectivity index is 1.41. The molecule has 0 saturated heterocycles. The minimum absolute atomic E-state index is 0.0280. The molecule has 0 N–H and O–H groups in total. The van der Waals surface area contributed by atoms with Crippen molar-refractivity contribution in [1.29, 1.82) is 0 Å². The summed E-state index contributed by atoms with van der Waals surface area (Å²) in [6.07, 6.45) is 0.774. The van der Waals surface area contributed by atoms with Crippen LogP contribution in [0.3, 0.4) is 0 Å². The van der Waals surface area contributed by atoms with Gasteiger partial charge in [-0.1, -0.05) is 42.5 Å². The summed E-state index contributed by atoms with van der Waals surface area (Å²) in [6.45, 7) is 2.43. The SMILES string of the molecule is CCOC(=O)Cc1nn(Cc2ccc(N(C=O)c3ccc4ccccc4c3)cc2)c2ccc(F)cc12. The van der Waals surface area contributed by atoms with Crippen LogP contribution in [0.25, 0.3) is 21.7 Å². The Kier molecular flexibility index (Phi) is 6.45. The Bertz CT molecular complexity index is 1560. The molecule has 0 bridgehead atoms. The molecule has 1 amide bonds. The number of fused-ring (bicyclic) bond motifs is 2. The zero-order valence-corrected chi connectivity index (χ0v) is 19.7. The quantitative estimate of drug-likeness (QED) is 0.208. The van der Waals surface area contributed by atoms with E-state index in [9.17, 15) is 14.0 Å². The number of benzene rings is 4. The molecule has 1 heterocycles. The molecule has 0 atom stereocenters. The highest BCUT2D eigenvalue weighted by Gasteiger charge is 2.16. The number of anilines is 2. The summed E-state index contributed by atoms with van der Waals surface area (Å²) >= 11 is 0. The van der Waals surface area contributed by atoms with E-state index in [-0.39, 0.29) is 18.8 Å². The first-order chi connectivity index (χ1) is 17.6. The lowest BCUT2D eigenvalue weighted by atomic mass is 10.1. The second kappa shape index (κ2) is 10.00. The third kappa shape index (κ3) is 4.68. The molecule has 4 aromatic carbocycles. The fourth-order valence-corrected chi connectivity index (χ4v) is 4.35. The molecule has 5 rings (SSSR count). The molecule has 6 nitrogen and oxygen atoms in total. The minimum atomic E-state index is -0.402. The molecule has 0 unspecified atom stereocenters. The Morgan fingerprint density at radius 1 is 0.972 bits per heavy atom. The van der Waals surface area contributed by atoms with Gasteiger partial charge < -0.3 is 4.74 Å². The van der Waals surface area contributed by atoms with E-state index in [0.29, 0.717) is 17.6 Å². The van der Waals surface area contributed by atoms with Crippen molar-refractivity contribution in [2.75, 3.05) is 11.5 Å². The number of carbonyl (C=O) groups excluding carboxylic acids is 2. The van der Waals surface area contributed by atoms with E-state index in [4.69, 9.17) is 4.74 Å². The molecule has 0 aliphatic rings. The van der Waals surface area contributed by atoms with Crippen LogP contribution in [0.4, 0.5) is 15.8 Å². The number of ether oxygens (including phenoxy) is 1. The van der Waals surface area contributed by atoms with Gasteiger partial charge in [0.15, 0.2) is 0 Å². The Labute approximate surface area is 207 Å². The predicted octanol–water partition coefficient (Wildman–Crippen LogP) is 5.78. The number of esters is 1. The van der Waals surface area contributed by atoms with Crippen LogP contribution in [-0.2, 0) is 27.3 Å². The smallest absolute Gasteiger partial charge is 0.311 e. The van der Waals surface area contributed by atoms with Crippen molar-refractivity contribution in [3.63, 3.8) is 0 Å². The molecule has 0 saturated carbocycles. The van der Waals surface area contributed by atoms with E-state index >= 15 is 0 Å². The standard InChI is InChI=1S/C29H24FN3O3/c1-2-36-29(35)17-27-26-16-23(30)10-14-28(26)33(31-27)18-20-7-11-24(12-8-20)32(19-34)25-13-9-21-5-3-4-6-22(21)15-25/h3-16,19H,2,17-18H2,1H3. The molecule has 5 aromatic rings. The van der Waals surface area contributed by atoms with Crippen LogP contribution in [-0.4, -0.2) is 28.8 Å². The third-order valence-electron chi connectivity index (χ3n) is 6.07. The number of amides is 1. The van der Waals surface area contributed by atoms with Gasteiger partial charge in [0.05, 0.1) is 30.8 Å². The number of rotatable bonds is 8. The maximum absolute atomic E-state index is 13.9. The summed E-state index contributed by atoms with van der Waals surface area (Å²) in [6, 6.07) is 25.9. The molecular weight excluding hydrogens is 457 g/mol. The average Bonchev–Trinajstić information content (AvgIpc) is 3.21. The van der Waals surface area contributed by atoms with Gasteiger partial charge in [0.25, 0.3) is 0 Å². The van der Waals surface area contributed by atoms with Gasteiger partial charge in [-0.2, -0.15) is 5.10 Å². The van der Waals surface area contributed by atoms with Crippen molar-refractivity contribution in [3.8, 4) is 0 Å². The van der Waals surface area contributed by atoms with Gasteiger partial charge in [0, 0.05) is 16.8 Å². The molecule has 1 aromatic heterocycles. The van der Waals surface area contributed by atoms with Crippen LogP contribution < -0.4 is 4.90 Å². The minimum Gasteiger partial charge on any atom is -0.466 e.